The highest BCUT2D eigenvalue weighted by Crippen LogP contribution is 2.42. The number of amides is 1. The van der Waals surface area contributed by atoms with Crippen molar-refractivity contribution in [1.82, 2.24) is 0 Å². The smallest absolute Gasteiger partial charge is 0.341 e. The molecule has 0 radical (unpaired) electrons. The fourth-order valence-electron chi connectivity index (χ4n) is 2.55. The lowest BCUT2D eigenvalue weighted by Crippen LogP contribution is -2.44. The number of carbonyl (C=O) groups excluding carboxylic acids is 2. The molecule has 6 heteroatoms. The molecule has 0 unspecified atom stereocenters. The lowest BCUT2D eigenvalue weighted by Gasteiger charge is -2.26. The van der Waals surface area contributed by atoms with Crippen molar-refractivity contribution in [2.24, 2.45) is 5.92 Å². The first-order chi connectivity index (χ1) is 11.5. The second-order valence-corrected chi connectivity index (χ2v) is 6.09. The quantitative estimate of drug-likeness (QED) is 0.739. The zero-order chi connectivity index (χ0) is 17.7. The van der Waals surface area contributed by atoms with E-state index in [2.05, 4.69) is 5.32 Å². The molecule has 2 rings (SSSR count). The minimum atomic E-state index is -0.858. The standard InChI is InChI=1S/C18H25NO5/c1-5-10-24-15-9-8-13(11-14(15)16(20)22-3)19-17(21)18(2,23-4)12-6-7-12/h8-9,11-12H,5-7,10H2,1-4H3,(H,19,21)/t18-/m0/s1. The summed E-state index contributed by atoms with van der Waals surface area (Å²) in [6.45, 7) is 4.27. The Hall–Kier alpha value is -2.08. The van der Waals surface area contributed by atoms with Crippen LogP contribution in [0.3, 0.4) is 0 Å². The molecule has 0 aromatic heterocycles. The summed E-state index contributed by atoms with van der Waals surface area (Å²) in [5.74, 6) is -0.0485. The van der Waals surface area contributed by atoms with E-state index in [1.807, 2.05) is 6.92 Å². The number of methoxy groups -OCH3 is 2. The van der Waals surface area contributed by atoms with Crippen LogP contribution in [0.5, 0.6) is 5.75 Å². The average Bonchev–Trinajstić information content (AvgIpc) is 3.44. The number of hydrogen-bond acceptors (Lipinski definition) is 5. The predicted molar refractivity (Wildman–Crippen MR) is 90.3 cm³/mol. The molecule has 1 atom stereocenters. The largest absolute Gasteiger partial charge is 0.493 e. The second kappa shape index (κ2) is 7.66. The van der Waals surface area contributed by atoms with Crippen molar-refractivity contribution in [2.75, 3.05) is 26.1 Å². The van der Waals surface area contributed by atoms with Gasteiger partial charge < -0.3 is 19.5 Å². The molecule has 0 spiro atoms. The predicted octanol–water partition coefficient (Wildman–Crippen LogP) is 3.02. The van der Waals surface area contributed by atoms with Crippen molar-refractivity contribution >= 4 is 17.6 Å². The van der Waals surface area contributed by atoms with Gasteiger partial charge in [-0.1, -0.05) is 6.92 Å². The van der Waals surface area contributed by atoms with Gasteiger partial charge >= 0.3 is 5.97 Å². The molecule has 1 fully saturated rings. The Morgan fingerprint density at radius 3 is 2.54 bits per heavy atom. The maximum Gasteiger partial charge on any atom is 0.341 e. The summed E-state index contributed by atoms with van der Waals surface area (Å²) < 4.78 is 15.8. The van der Waals surface area contributed by atoms with Crippen molar-refractivity contribution in [2.45, 2.75) is 38.7 Å². The molecule has 132 valence electrons. The summed E-state index contributed by atoms with van der Waals surface area (Å²) in [5, 5.41) is 2.83. The van der Waals surface area contributed by atoms with Crippen molar-refractivity contribution < 1.29 is 23.8 Å². The van der Waals surface area contributed by atoms with E-state index in [0.717, 1.165) is 19.3 Å². The number of carbonyl (C=O) groups is 2. The summed E-state index contributed by atoms with van der Waals surface area (Å²) in [6, 6.07) is 4.94. The van der Waals surface area contributed by atoms with Gasteiger partial charge in [-0.3, -0.25) is 4.79 Å². The number of hydrogen-bond donors (Lipinski definition) is 1. The monoisotopic (exact) mass is 335 g/mol. The van der Waals surface area contributed by atoms with E-state index in [1.165, 1.54) is 7.11 Å². The summed E-state index contributed by atoms with van der Waals surface area (Å²) in [4.78, 5) is 24.5. The van der Waals surface area contributed by atoms with Gasteiger partial charge in [0.2, 0.25) is 0 Å². The van der Waals surface area contributed by atoms with Crippen LogP contribution in [-0.4, -0.2) is 38.3 Å². The van der Waals surface area contributed by atoms with E-state index < -0.39 is 11.6 Å². The molecule has 24 heavy (non-hydrogen) atoms. The summed E-state index contributed by atoms with van der Waals surface area (Å²) >= 11 is 0. The molecule has 1 saturated carbocycles. The lowest BCUT2D eigenvalue weighted by molar-refractivity contribution is -0.138. The van der Waals surface area contributed by atoms with Gasteiger partial charge in [0.25, 0.3) is 5.91 Å². The Bertz CT molecular complexity index is 611. The normalized spacial score (nSPS) is 16.2. The highest BCUT2D eigenvalue weighted by Gasteiger charge is 2.47. The van der Waals surface area contributed by atoms with Crippen LogP contribution in [-0.2, 0) is 14.3 Å². The molecular formula is C18H25NO5. The van der Waals surface area contributed by atoms with Gasteiger partial charge in [0.05, 0.1) is 13.7 Å². The third-order valence-electron chi connectivity index (χ3n) is 4.34. The summed E-state index contributed by atoms with van der Waals surface area (Å²) in [5.41, 5.74) is -0.0644. The molecular weight excluding hydrogens is 310 g/mol. The van der Waals surface area contributed by atoms with Crippen LogP contribution in [0.15, 0.2) is 18.2 Å². The Labute approximate surface area is 142 Å². The van der Waals surface area contributed by atoms with E-state index in [-0.39, 0.29) is 17.4 Å². The summed E-state index contributed by atoms with van der Waals surface area (Å²) in [6.07, 6.45) is 2.79. The maximum atomic E-state index is 12.6. The molecule has 0 saturated heterocycles. The van der Waals surface area contributed by atoms with Gasteiger partial charge in [-0.2, -0.15) is 0 Å². The first kappa shape index (κ1) is 18.3. The van der Waals surface area contributed by atoms with Crippen LogP contribution in [0.1, 0.15) is 43.5 Å². The van der Waals surface area contributed by atoms with Gasteiger partial charge in [0, 0.05) is 12.8 Å². The second-order valence-electron chi connectivity index (χ2n) is 6.09. The van der Waals surface area contributed by atoms with Gasteiger partial charge in [-0.15, -0.1) is 0 Å². The third kappa shape index (κ3) is 3.87. The number of nitrogens with one attached hydrogen (secondary N) is 1. The van der Waals surface area contributed by atoms with Crippen molar-refractivity contribution in [3.63, 3.8) is 0 Å². The van der Waals surface area contributed by atoms with Gasteiger partial charge in [-0.05, 0) is 50.3 Å². The van der Waals surface area contributed by atoms with Crippen LogP contribution in [0.4, 0.5) is 5.69 Å². The highest BCUT2D eigenvalue weighted by molar-refractivity contribution is 5.99. The molecule has 1 aliphatic carbocycles. The molecule has 0 aliphatic heterocycles. The summed E-state index contributed by atoms with van der Waals surface area (Å²) in [7, 11) is 2.85. The maximum absolute atomic E-state index is 12.6. The SMILES string of the molecule is CCCOc1ccc(NC(=O)[C@@](C)(OC)C2CC2)cc1C(=O)OC. The number of rotatable bonds is 8. The minimum Gasteiger partial charge on any atom is -0.493 e. The van der Waals surface area contributed by atoms with Crippen LogP contribution in [0.2, 0.25) is 0 Å². The molecule has 0 heterocycles. The minimum absolute atomic E-state index is 0.217. The molecule has 0 bridgehead atoms. The zero-order valence-electron chi connectivity index (χ0n) is 14.7. The fourth-order valence-corrected chi connectivity index (χ4v) is 2.55. The molecule has 1 aromatic carbocycles. The number of esters is 1. The molecule has 1 aromatic rings. The molecule has 6 nitrogen and oxygen atoms in total. The Balaban J connectivity index is 2.21. The number of benzene rings is 1. The van der Waals surface area contributed by atoms with Crippen LogP contribution in [0, 0.1) is 5.92 Å². The first-order valence-electron chi connectivity index (χ1n) is 8.18. The topological polar surface area (TPSA) is 73.9 Å². The van der Waals surface area contributed by atoms with E-state index in [0.29, 0.717) is 18.0 Å². The fraction of sp³-hybridized carbons (Fsp3) is 0.556. The van der Waals surface area contributed by atoms with Gasteiger partial charge in [0.1, 0.15) is 16.9 Å². The van der Waals surface area contributed by atoms with E-state index >= 15 is 0 Å². The van der Waals surface area contributed by atoms with E-state index in [9.17, 15) is 9.59 Å². The Morgan fingerprint density at radius 1 is 1.29 bits per heavy atom. The van der Waals surface area contributed by atoms with Crippen LogP contribution >= 0.6 is 0 Å². The van der Waals surface area contributed by atoms with Gasteiger partial charge in [0.15, 0.2) is 0 Å². The van der Waals surface area contributed by atoms with Gasteiger partial charge in [-0.25, -0.2) is 4.79 Å². The molecule has 1 aliphatic rings. The van der Waals surface area contributed by atoms with Crippen molar-refractivity contribution in [3.05, 3.63) is 23.8 Å². The van der Waals surface area contributed by atoms with Crippen LogP contribution < -0.4 is 10.1 Å². The van der Waals surface area contributed by atoms with Crippen molar-refractivity contribution in [1.29, 1.82) is 0 Å². The van der Waals surface area contributed by atoms with Crippen LogP contribution in [0.25, 0.3) is 0 Å². The van der Waals surface area contributed by atoms with E-state index in [4.69, 9.17) is 14.2 Å². The van der Waals surface area contributed by atoms with Crippen molar-refractivity contribution in [3.8, 4) is 5.75 Å². The third-order valence-corrected chi connectivity index (χ3v) is 4.34. The Morgan fingerprint density at radius 2 is 2.00 bits per heavy atom. The lowest BCUT2D eigenvalue weighted by atomic mass is 9.99. The zero-order valence-corrected chi connectivity index (χ0v) is 14.7. The highest BCUT2D eigenvalue weighted by atomic mass is 16.5. The Kier molecular flexibility index (Phi) is 5.83. The number of anilines is 1. The molecule has 1 amide bonds. The molecule has 1 N–H and O–H groups in total. The first-order valence-corrected chi connectivity index (χ1v) is 8.18. The van der Waals surface area contributed by atoms with E-state index in [1.54, 1.807) is 32.2 Å². The number of ether oxygens (including phenoxy) is 3. The average molecular weight is 335 g/mol.